The van der Waals surface area contributed by atoms with Crippen LogP contribution in [0.2, 0.25) is 0 Å². The van der Waals surface area contributed by atoms with Crippen molar-refractivity contribution in [3.63, 3.8) is 0 Å². The smallest absolute Gasteiger partial charge is 0.256 e. The Labute approximate surface area is 184 Å². The maximum atomic E-state index is 13.8. The molecule has 0 aliphatic carbocycles. The second kappa shape index (κ2) is 9.90. The number of carbonyl (C=O) groups excluding carboxylic acids is 1. The first-order valence-electron chi connectivity index (χ1n) is 10.9. The van der Waals surface area contributed by atoms with E-state index >= 15 is 0 Å². The molecule has 0 spiro atoms. The summed E-state index contributed by atoms with van der Waals surface area (Å²) in [6, 6.07) is 30.6. The van der Waals surface area contributed by atoms with Crippen LogP contribution >= 0.6 is 0 Å². The fraction of sp³-hybridized carbons (Fsp3) is 0.296. The molecule has 1 amide bonds. The lowest BCUT2D eigenvalue weighted by Gasteiger charge is -2.44. The van der Waals surface area contributed by atoms with Gasteiger partial charge in [0.2, 0.25) is 0 Å². The number of hydrogen-bond donors (Lipinski definition) is 1. The molecule has 3 atom stereocenters. The zero-order valence-corrected chi connectivity index (χ0v) is 17.9. The van der Waals surface area contributed by atoms with E-state index in [1.165, 1.54) is 11.1 Å². The first-order valence-corrected chi connectivity index (χ1v) is 10.9. The highest BCUT2D eigenvalue weighted by Crippen LogP contribution is 2.37. The topological polar surface area (TPSA) is 55.6 Å². The van der Waals surface area contributed by atoms with E-state index < -0.39 is 6.10 Å². The molecule has 1 fully saturated rings. The highest BCUT2D eigenvalue weighted by atomic mass is 16.5. The van der Waals surface area contributed by atoms with Gasteiger partial charge in [-0.05, 0) is 29.5 Å². The van der Waals surface area contributed by atoms with Crippen molar-refractivity contribution in [2.75, 3.05) is 13.7 Å². The molecule has 2 N–H and O–H groups in total. The van der Waals surface area contributed by atoms with Gasteiger partial charge >= 0.3 is 0 Å². The maximum absolute atomic E-state index is 13.8. The van der Waals surface area contributed by atoms with Gasteiger partial charge in [0.25, 0.3) is 5.91 Å². The van der Waals surface area contributed by atoms with Crippen LogP contribution in [0.4, 0.5) is 0 Å². The number of likely N-dealkylation sites (tertiary alicyclic amines) is 1. The van der Waals surface area contributed by atoms with Gasteiger partial charge in [0, 0.05) is 31.7 Å². The van der Waals surface area contributed by atoms with Crippen LogP contribution in [0, 0.1) is 0 Å². The number of benzene rings is 3. The Morgan fingerprint density at radius 3 is 1.81 bits per heavy atom. The number of piperidine rings is 1. The summed E-state index contributed by atoms with van der Waals surface area (Å²) >= 11 is 0. The number of hydrogen-bond acceptors (Lipinski definition) is 3. The SMILES string of the molecule is COC(C(=O)N1CC(N)CCC1C(c1ccccc1)c1ccccc1)c1ccccc1. The summed E-state index contributed by atoms with van der Waals surface area (Å²) in [5, 5.41) is 0. The van der Waals surface area contributed by atoms with Crippen LogP contribution in [0.15, 0.2) is 91.0 Å². The average Bonchev–Trinajstić information content (AvgIpc) is 2.83. The molecule has 0 bridgehead atoms. The van der Waals surface area contributed by atoms with Crippen LogP contribution in [-0.2, 0) is 9.53 Å². The van der Waals surface area contributed by atoms with Crippen molar-refractivity contribution in [3.05, 3.63) is 108 Å². The van der Waals surface area contributed by atoms with Crippen LogP contribution < -0.4 is 5.73 Å². The first-order chi connectivity index (χ1) is 15.2. The molecule has 4 nitrogen and oxygen atoms in total. The van der Waals surface area contributed by atoms with Crippen LogP contribution in [0.5, 0.6) is 0 Å². The van der Waals surface area contributed by atoms with E-state index in [-0.39, 0.29) is 23.9 Å². The second-order valence-electron chi connectivity index (χ2n) is 8.22. The Morgan fingerprint density at radius 2 is 1.32 bits per heavy atom. The first kappa shape index (κ1) is 21.3. The molecule has 1 heterocycles. The molecule has 1 aliphatic rings. The molecule has 160 valence electrons. The van der Waals surface area contributed by atoms with Crippen LogP contribution in [0.25, 0.3) is 0 Å². The van der Waals surface area contributed by atoms with Crippen LogP contribution in [0.3, 0.4) is 0 Å². The van der Waals surface area contributed by atoms with Crippen LogP contribution in [0.1, 0.15) is 41.6 Å². The van der Waals surface area contributed by atoms with E-state index in [1.54, 1.807) is 7.11 Å². The number of ether oxygens (including phenoxy) is 1. The van der Waals surface area contributed by atoms with E-state index in [0.717, 1.165) is 18.4 Å². The van der Waals surface area contributed by atoms with E-state index in [9.17, 15) is 4.79 Å². The van der Waals surface area contributed by atoms with Crippen molar-refractivity contribution in [3.8, 4) is 0 Å². The molecule has 4 rings (SSSR count). The molecule has 0 aromatic heterocycles. The Hall–Kier alpha value is -2.95. The third kappa shape index (κ3) is 4.71. The van der Waals surface area contributed by atoms with Gasteiger partial charge in [-0.2, -0.15) is 0 Å². The standard InChI is InChI=1S/C27H30N2O2/c1-31-26(22-15-9-4-10-16-22)27(30)29-19-23(28)17-18-24(29)25(20-11-5-2-6-12-20)21-13-7-3-8-14-21/h2-16,23-26H,17-19,28H2,1H3. The van der Waals surface area contributed by atoms with Crippen molar-refractivity contribution in [2.24, 2.45) is 5.73 Å². The Kier molecular flexibility index (Phi) is 6.80. The molecule has 0 saturated carbocycles. The lowest BCUT2D eigenvalue weighted by molar-refractivity contribution is -0.147. The van der Waals surface area contributed by atoms with Gasteiger partial charge in [-0.25, -0.2) is 0 Å². The zero-order valence-electron chi connectivity index (χ0n) is 17.9. The number of rotatable bonds is 6. The normalized spacial score (nSPS) is 19.9. The minimum Gasteiger partial charge on any atom is -0.367 e. The summed E-state index contributed by atoms with van der Waals surface area (Å²) in [4.78, 5) is 15.8. The highest BCUT2D eigenvalue weighted by Gasteiger charge is 2.39. The fourth-order valence-corrected chi connectivity index (χ4v) is 4.74. The number of nitrogens with zero attached hydrogens (tertiary/aromatic N) is 1. The maximum Gasteiger partial charge on any atom is 0.256 e. The largest absolute Gasteiger partial charge is 0.367 e. The van der Waals surface area contributed by atoms with Gasteiger partial charge in [0.05, 0.1) is 0 Å². The van der Waals surface area contributed by atoms with Gasteiger partial charge in [-0.3, -0.25) is 4.79 Å². The predicted molar refractivity (Wildman–Crippen MR) is 124 cm³/mol. The van der Waals surface area contributed by atoms with Gasteiger partial charge in [0.15, 0.2) is 6.10 Å². The number of amides is 1. The Balaban J connectivity index is 1.73. The highest BCUT2D eigenvalue weighted by molar-refractivity contribution is 5.83. The van der Waals surface area contributed by atoms with Crippen molar-refractivity contribution in [1.82, 2.24) is 4.90 Å². The second-order valence-corrected chi connectivity index (χ2v) is 8.22. The minimum absolute atomic E-state index is 0.0125. The molecule has 4 heteroatoms. The predicted octanol–water partition coefficient (Wildman–Crippen LogP) is 4.52. The molecule has 3 aromatic rings. The summed E-state index contributed by atoms with van der Waals surface area (Å²) in [6.45, 7) is 0.534. The third-order valence-corrected chi connectivity index (χ3v) is 6.21. The Bertz CT molecular complexity index is 923. The molecule has 1 aliphatic heterocycles. The summed E-state index contributed by atoms with van der Waals surface area (Å²) in [7, 11) is 1.60. The van der Waals surface area contributed by atoms with Crippen LogP contribution in [-0.4, -0.2) is 36.5 Å². The Morgan fingerprint density at radius 1 is 0.839 bits per heavy atom. The molecule has 31 heavy (non-hydrogen) atoms. The van der Waals surface area contributed by atoms with E-state index in [2.05, 4.69) is 48.5 Å². The van der Waals surface area contributed by atoms with Gasteiger partial charge < -0.3 is 15.4 Å². The van der Waals surface area contributed by atoms with Gasteiger partial charge in [0.1, 0.15) is 0 Å². The minimum atomic E-state index is -0.638. The van der Waals surface area contributed by atoms with Crippen molar-refractivity contribution in [1.29, 1.82) is 0 Å². The third-order valence-electron chi connectivity index (χ3n) is 6.21. The van der Waals surface area contributed by atoms with E-state index in [1.807, 2.05) is 47.4 Å². The molecular weight excluding hydrogens is 384 g/mol. The lowest BCUT2D eigenvalue weighted by atomic mass is 9.79. The number of carbonyl (C=O) groups is 1. The zero-order chi connectivity index (χ0) is 21.6. The summed E-state index contributed by atoms with van der Waals surface area (Å²) in [5.41, 5.74) is 9.63. The van der Waals surface area contributed by atoms with Gasteiger partial charge in [-0.1, -0.05) is 91.0 Å². The summed E-state index contributed by atoms with van der Waals surface area (Å²) in [5.74, 6) is 0.0536. The number of methoxy groups -OCH3 is 1. The average molecular weight is 415 g/mol. The van der Waals surface area contributed by atoms with Crippen molar-refractivity contribution in [2.45, 2.75) is 36.9 Å². The van der Waals surface area contributed by atoms with Crippen molar-refractivity contribution >= 4 is 5.91 Å². The number of nitrogens with two attached hydrogens (primary N) is 1. The van der Waals surface area contributed by atoms with Gasteiger partial charge in [-0.15, -0.1) is 0 Å². The monoisotopic (exact) mass is 414 g/mol. The summed E-state index contributed by atoms with van der Waals surface area (Å²) < 4.78 is 5.69. The quantitative estimate of drug-likeness (QED) is 0.645. The van der Waals surface area contributed by atoms with E-state index in [4.69, 9.17) is 10.5 Å². The molecule has 3 aromatic carbocycles. The van der Waals surface area contributed by atoms with E-state index in [0.29, 0.717) is 6.54 Å². The molecule has 1 saturated heterocycles. The lowest BCUT2D eigenvalue weighted by Crippen LogP contribution is -2.54. The fourth-order valence-electron chi connectivity index (χ4n) is 4.74. The molecule has 0 radical (unpaired) electrons. The summed E-state index contributed by atoms with van der Waals surface area (Å²) in [6.07, 6.45) is 1.11. The molecule has 3 unspecified atom stereocenters. The molecular formula is C27H30N2O2. The van der Waals surface area contributed by atoms with Crippen molar-refractivity contribution < 1.29 is 9.53 Å².